The van der Waals surface area contributed by atoms with Gasteiger partial charge in [0.15, 0.2) is 17.3 Å². The van der Waals surface area contributed by atoms with Crippen molar-refractivity contribution < 1.29 is 34.8 Å². The van der Waals surface area contributed by atoms with Gasteiger partial charge >= 0.3 is 0 Å². The van der Waals surface area contributed by atoms with Gasteiger partial charge in [-0.1, -0.05) is 12.6 Å². The summed E-state index contributed by atoms with van der Waals surface area (Å²) in [6.07, 6.45) is -1.48. The number of phenolic OH excluding ortho intramolecular Hbond substituents is 1. The van der Waals surface area contributed by atoms with Crippen molar-refractivity contribution in [2.24, 2.45) is 23.0 Å². The quantitative estimate of drug-likeness (QED) is 0.425. The Hall–Kier alpha value is -3.23. The molecule has 0 aromatic heterocycles. The molecule has 0 heterocycles. The van der Waals surface area contributed by atoms with Gasteiger partial charge in [0, 0.05) is 17.4 Å². The first-order valence-electron chi connectivity index (χ1n) is 9.79. The second kappa shape index (κ2) is 6.38. The third-order valence-corrected chi connectivity index (χ3v) is 7.00. The van der Waals surface area contributed by atoms with E-state index in [1.54, 1.807) is 13.0 Å². The van der Waals surface area contributed by atoms with Crippen LogP contribution < -0.4 is 5.73 Å². The van der Waals surface area contributed by atoms with Crippen LogP contribution in [0, 0.1) is 24.2 Å². The van der Waals surface area contributed by atoms with Gasteiger partial charge in [0.2, 0.25) is 0 Å². The molecule has 162 valence electrons. The minimum atomic E-state index is -1.93. The summed E-state index contributed by atoms with van der Waals surface area (Å²) in [6, 6.07) is 1.61. The van der Waals surface area contributed by atoms with Gasteiger partial charge in [-0.05, 0) is 43.5 Å². The smallest absolute Gasteiger partial charge is 0.197 e. The average Bonchev–Trinajstić information content (AvgIpc) is 2.69. The zero-order chi connectivity index (χ0) is 23.2. The Morgan fingerprint density at radius 2 is 1.77 bits per heavy atom. The molecule has 0 bridgehead atoms. The number of carbonyl (C=O) groups is 3. The zero-order valence-electron chi connectivity index (χ0n) is 17.3. The SMILES string of the molecule is C=C1c2c(C)ccc(O)c2C(=O)C2=C(O)[C@]3(C)C(=O)C(C(C)=O)=C(O)[C@@H](N)[C@@H]3[C@@H](O)[C@H]12. The number of aryl methyl sites for hydroxylation is 1. The Balaban J connectivity index is 2.06. The summed E-state index contributed by atoms with van der Waals surface area (Å²) >= 11 is 0. The van der Waals surface area contributed by atoms with Crippen molar-refractivity contribution in [1.29, 1.82) is 0 Å². The molecule has 0 aliphatic heterocycles. The lowest BCUT2D eigenvalue weighted by molar-refractivity contribution is -0.137. The minimum Gasteiger partial charge on any atom is -0.511 e. The fourth-order valence-electron chi connectivity index (χ4n) is 5.45. The van der Waals surface area contributed by atoms with Gasteiger partial charge in [-0.2, -0.15) is 0 Å². The highest BCUT2D eigenvalue weighted by atomic mass is 16.3. The van der Waals surface area contributed by atoms with Gasteiger partial charge in [0.1, 0.15) is 22.8 Å². The summed E-state index contributed by atoms with van der Waals surface area (Å²) in [4.78, 5) is 38.7. The number of carbonyl (C=O) groups excluding carboxylic acids is 3. The monoisotopic (exact) mass is 425 g/mol. The molecule has 1 aromatic carbocycles. The number of rotatable bonds is 1. The molecular weight excluding hydrogens is 402 g/mol. The van der Waals surface area contributed by atoms with Crippen LogP contribution in [0.3, 0.4) is 0 Å². The summed E-state index contributed by atoms with van der Waals surface area (Å²) in [5.41, 5.74) is 4.59. The first kappa shape index (κ1) is 21.0. The molecule has 4 rings (SSSR count). The summed E-state index contributed by atoms with van der Waals surface area (Å²) < 4.78 is 0. The number of ketones is 3. The van der Waals surface area contributed by atoms with E-state index in [4.69, 9.17) is 5.73 Å². The maximum absolute atomic E-state index is 13.4. The first-order chi connectivity index (χ1) is 14.4. The van der Waals surface area contributed by atoms with E-state index in [9.17, 15) is 34.8 Å². The highest BCUT2D eigenvalue weighted by molar-refractivity contribution is 6.24. The van der Waals surface area contributed by atoms with Crippen molar-refractivity contribution in [3.8, 4) is 5.75 Å². The van der Waals surface area contributed by atoms with Gasteiger partial charge in [0.25, 0.3) is 0 Å². The molecule has 0 spiro atoms. The summed E-state index contributed by atoms with van der Waals surface area (Å²) in [5.74, 6) is -6.36. The van der Waals surface area contributed by atoms with Crippen LogP contribution in [0.25, 0.3) is 5.57 Å². The summed E-state index contributed by atoms with van der Waals surface area (Å²) in [5, 5.41) is 43.4. The van der Waals surface area contributed by atoms with Gasteiger partial charge in [-0.15, -0.1) is 0 Å². The van der Waals surface area contributed by atoms with Crippen LogP contribution in [0.5, 0.6) is 5.75 Å². The standard InChI is InChI=1S/C23H23NO7/c1-7-5-6-10(26)14-11(7)8(2)12-15(18(14)27)22(31)23(4)16(19(12)28)17(24)20(29)13(9(3)25)21(23)30/h5-6,12,16-17,19,26,28-29,31H,2,24H2,1,3-4H3/t12-,16-,17+,19+,23+/m1/s1. The van der Waals surface area contributed by atoms with E-state index in [1.165, 1.54) is 13.0 Å². The van der Waals surface area contributed by atoms with Crippen LogP contribution in [0.1, 0.15) is 35.3 Å². The Bertz CT molecular complexity index is 1170. The number of hydrogen-bond donors (Lipinski definition) is 5. The molecule has 3 aliphatic rings. The number of benzene rings is 1. The van der Waals surface area contributed by atoms with Crippen molar-refractivity contribution in [3.63, 3.8) is 0 Å². The zero-order valence-corrected chi connectivity index (χ0v) is 17.3. The van der Waals surface area contributed by atoms with Crippen molar-refractivity contribution in [2.45, 2.75) is 32.9 Å². The van der Waals surface area contributed by atoms with Crippen molar-refractivity contribution in [3.05, 3.63) is 58.1 Å². The second-order valence-electron chi connectivity index (χ2n) is 8.64. The third kappa shape index (κ3) is 2.34. The molecular formula is C23H23NO7. The summed E-state index contributed by atoms with van der Waals surface area (Å²) in [6.45, 7) is 8.09. The first-order valence-corrected chi connectivity index (χ1v) is 9.79. The van der Waals surface area contributed by atoms with E-state index in [0.29, 0.717) is 11.1 Å². The van der Waals surface area contributed by atoms with E-state index >= 15 is 0 Å². The van der Waals surface area contributed by atoms with E-state index in [1.807, 2.05) is 0 Å². The fourth-order valence-corrected chi connectivity index (χ4v) is 5.45. The highest BCUT2D eigenvalue weighted by Crippen LogP contribution is 2.57. The third-order valence-electron chi connectivity index (χ3n) is 7.00. The van der Waals surface area contributed by atoms with Crippen molar-refractivity contribution >= 4 is 22.9 Å². The van der Waals surface area contributed by atoms with E-state index in [2.05, 4.69) is 6.58 Å². The molecule has 0 fully saturated rings. The van der Waals surface area contributed by atoms with Crippen LogP contribution in [0.4, 0.5) is 0 Å². The lowest BCUT2D eigenvalue weighted by atomic mass is 9.52. The van der Waals surface area contributed by atoms with Gasteiger partial charge in [0.05, 0.1) is 23.1 Å². The molecule has 6 N–H and O–H groups in total. The van der Waals surface area contributed by atoms with Crippen molar-refractivity contribution in [1.82, 2.24) is 0 Å². The average molecular weight is 425 g/mol. The predicted molar refractivity (Wildman–Crippen MR) is 110 cm³/mol. The second-order valence-corrected chi connectivity index (χ2v) is 8.64. The van der Waals surface area contributed by atoms with Crippen molar-refractivity contribution in [2.75, 3.05) is 0 Å². The number of hydrogen-bond acceptors (Lipinski definition) is 8. The lowest BCUT2D eigenvalue weighted by Gasteiger charge is -2.52. The Kier molecular flexibility index (Phi) is 4.33. The van der Waals surface area contributed by atoms with Crippen LogP contribution in [-0.2, 0) is 9.59 Å². The topological polar surface area (TPSA) is 158 Å². The minimum absolute atomic E-state index is 0.0743. The molecule has 0 amide bonds. The molecule has 0 unspecified atom stereocenters. The molecule has 0 saturated carbocycles. The van der Waals surface area contributed by atoms with Gasteiger partial charge in [-0.25, -0.2) is 0 Å². The number of nitrogens with two attached hydrogens (primary N) is 1. The number of phenols is 1. The molecule has 8 nitrogen and oxygen atoms in total. The van der Waals surface area contributed by atoms with E-state index in [0.717, 1.165) is 6.92 Å². The molecule has 0 radical (unpaired) electrons. The molecule has 8 heteroatoms. The van der Waals surface area contributed by atoms with Crippen LogP contribution in [0.2, 0.25) is 0 Å². The Labute approximate surface area is 178 Å². The number of allylic oxidation sites excluding steroid dienone is 2. The maximum atomic E-state index is 13.4. The van der Waals surface area contributed by atoms with E-state index < -0.39 is 63.8 Å². The number of aliphatic hydroxyl groups excluding tert-OH is 3. The number of Topliss-reactive ketones (excluding diaryl/α,β-unsaturated/α-hetero) is 3. The van der Waals surface area contributed by atoms with E-state index in [-0.39, 0.29) is 22.5 Å². The van der Waals surface area contributed by atoms with Crippen LogP contribution in [0.15, 0.2) is 41.4 Å². The largest absolute Gasteiger partial charge is 0.511 e. The maximum Gasteiger partial charge on any atom is 0.197 e. The Morgan fingerprint density at radius 3 is 2.35 bits per heavy atom. The molecule has 5 atom stereocenters. The normalized spacial score (nSPS) is 32.6. The summed E-state index contributed by atoms with van der Waals surface area (Å²) in [7, 11) is 0. The number of aliphatic hydroxyl groups is 3. The molecule has 31 heavy (non-hydrogen) atoms. The van der Waals surface area contributed by atoms with Crippen LogP contribution >= 0.6 is 0 Å². The number of aromatic hydroxyl groups is 1. The van der Waals surface area contributed by atoms with Gasteiger partial charge in [-0.3, -0.25) is 14.4 Å². The van der Waals surface area contributed by atoms with Crippen LogP contribution in [-0.4, -0.2) is 49.9 Å². The molecule has 1 aromatic rings. The fraction of sp³-hybridized carbons (Fsp3) is 0.348. The van der Waals surface area contributed by atoms with Gasteiger partial charge < -0.3 is 26.2 Å². The number of fused-ring (bicyclic) bond motifs is 3. The highest BCUT2D eigenvalue weighted by Gasteiger charge is 2.64. The lowest BCUT2D eigenvalue weighted by Crippen LogP contribution is -2.62. The molecule has 3 aliphatic carbocycles. The Morgan fingerprint density at radius 1 is 1.16 bits per heavy atom. The molecule has 0 saturated heterocycles. The predicted octanol–water partition coefficient (Wildman–Crippen LogP) is 1.65.